The van der Waals surface area contributed by atoms with Crippen molar-refractivity contribution in [2.24, 2.45) is 0 Å². The Hall–Kier alpha value is -3.29. The first-order valence-electron chi connectivity index (χ1n) is 9.43. The Kier molecular flexibility index (Phi) is 5.27. The van der Waals surface area contributed by atoms with Crippen LogP contribution in [-0.2, 0) is 4.79 Å². The Morgan fingerprint density at radius 1 is 1.36 bits per heavy atom. The van der Waals surface area contributed by atoms with E-state index in [1.165, 1.54) is 0 Å². The highest BCUT2D eigenvalue weighted by Crippen LogP contribution is 2.25. The smallest absolute Gasteiger partial charge is 0.239 e. The van der Waals surface area contributed by atoms with Gasteiger partial charge in [-0.05, 0) is 31.0 Å². The van der Waals surface area contributed by atoms with Crippen molar-refractivity contribution in [2.75, 3.05) is 37.0 Å². The molecule has 146 valence electrons. The van der Waals surface area contributed by atoms with E-state index in [1.807, 2.05) is 36.5 Å². The molecule has 3 heterocycles. The van der Waals surface area contributed by atoms with Crippen LogP contribution >= 0.6 is 0 Å². The first-order chi connectivity index (χ1) is 13.7. The number of aromatic amines is 1. The van der Waals surface area contributed by atoms with E-state index in [0.29, 0.717) is 0 Å². The summed E-state index contributed by atoms with van der Waals surface area (Å²) in [6.45, 7) is 1.88. The molecule has 0 bridgehead atoms. The van der Waals surface area contributed by atoms with Crippen molar-refractivity contribution in [2.45, 2.75) is 18.9 Å². The fourth-order valence-corrected chi connectivity index (χ4v) is 3.59. The Labute approximate surface area is 163 Å². The van der Waals surface area contributed by atoms with Crippen LogP contribution in [0, 0.1) is 0 Å². The number of hydrogen-bond acceptors (Lipinski definition) is 6. The number of carbonyl (C=O) groups is 1. The molecule has 1 aromatic carbocycles. The second-order valence-electron chi connectivity index (χ2n) is 6.88. The molecule has 1 saturated heterocycles. The van der Waals surface area contributed by atoms with Gasteiger partial charge < -0.3 is 25.3 Å². The maximum Gasteiger partial charge on any atom is 0.239 e. The Morgan fingerprint density at radius 3 is 3.18 bits per heavy atom. The summed E-state index contributed by atoms with van der Waals surface area (Å²) < 4.78 is 5.20. The number of H-pyrrole nitrogens is 1. The third kappa shape index (κ3) is 4.00. The third-order valence-corrected chi connectivity index (χ3v) is 4.94. The van der Waals surface area contributed by atoms with Gasteiger partial charge in [-0.3, -0.25) is 4.79 Å². The zero-order valence-electron chi connectivity index (χ0n) is 15.8. The summed E-state index contributed by atoms with van der Waals surface area (Å²) in [6.07, 6.45) is 5.41. The Bertz CT molecular complexity index is 957. The second-order valence-corrected chi connectivity index (χ2v) is 6.88. The highest BCUT2D eigenvalue weighted by molar-refractivity contribution is 5.87. The van der Waals surface area contributed by atoms with Gasteiger partial charge in [-0.25, -0.2) is 9.97 Å². The Morgan fingerprint density at radius 2 is 2.29 bits per heavy atom. The van der Waals surface area contributed by atoms with Crippen LogP contribution < -0.4 is 20.3 Å². The molecule has 0 aliphatic carbocycles. The van der Waals surface area contributed by atoms with Gasteiger partial charge in [-0.2, -0.15) is 0 Å². The predicted octanol–water partition coefficient (Wildman–Crippen LogP) is 2.16. The highest BCUT2D eigenvalue weighted by atomic mass is 16.5. The topological polar surface area (TPSA) is 95.2 Å². The minimum Gasteiger partial charge on any atom is -0.497 e. The van der Waals surface area contributed by atoms with Crippen LogP contribution in [-0.4, -0.2) is 53.6 Å². The summed E-state index contributed by atoms with van der Waals surface area (Å²) in [7, 11) is 1.62. The zero-order valence-corrected chi connectivity index (χ0v) is 15.8. The van der Waals surface area contributed by atoms with Gasteiger partial charge in [0.25, 0.3) is 0 Å². The van der Waals surface area contributed by atoms with Crippen LogP contribution in [0.1, 0.15) is 12.8 Å². The number of rotatable bonds is 6. The molecule has 28 heavy (non-hydrogen) atoms. The summed E-state index contributed by atoms with van der Waals surface area (Å²) in [5.41, 5.74) is 1.69. The number of hydrogen-bond donors (Lipinski definition) is 3. The number of amides is 1. The normalized spacial score (nSPS) is 16.8. The predicted molar refractivity (Wildman–Crippen MR) is 109 cm³/mol. The van der Waals surface area contributed by atoms with Crippen molar-refractivity contribution in [1.29, 1.82) is 0 Å². The molecule has 3 aromatic rings. The molecule has 3 N–H and O–H groups in total. The van der Waals surface area contributed by atoms with E-state index in [-0.39, 0.29) is 18.5 Å². The van der Waals surface area contributed by atoms with Crippen LogP contribution in [0.5, 0.6) is 5.75 Å². The summed E-state index contributed by atoms with van der Waals surface area (Å²) >= 11 is 0. The minimum atomic E-state index is -0.0239. The lowest BCUT2D eigenvalue weighted by Gasteiger charge is -2.34. The average Bonchev–Trinajstić information content (AvgIpc) is 3.21. The molecule has 1 amide bonds. The van der Waals surface area contributed by atoms with Crippen LogP contribution in [0.25, 0.3) is 11.0 Å². The number of methoxy groups -OCH3 is 1. The second kappa shape index (κ2) is 8.16. The molecule has 4 rings (SSSR count). The molecule has 0 radical (unpaired) electrons. The van der Waals surface area contributed by atoms with Gasteiger partial charge in [0.2, 0.25) is 5.91 Å². The lowest BCUT2D eigenvalue weighted by atomic mass is 10.1. The number of piperidine rings is 1. The van der Waals surface area contributed by atoms with Crippen LogP contribution in [0.15, 0.2) is 42.9 Å². The van der Waals surface area contributed by atoms with Gasteiger partial charge >= 0.3 is 0 Å². The van der Waals surface area contributed by atoms with Crippen molar-refractivity contribution in [1.82, 2.24) is 20.3 Å². The van der Waals surface area contributed by atoms with Crippen molar-refractivity contribution in [3.63, 3.8) is 0 Å². The van der Waals surface area contributed by atoms with E-state index in [9.17, 15) is 4.79 Å². The van der Waals surface area contributed by atoms with Crippen molar-refractivity contribution in [3.8, 4) is 5.75 Å². The van der Waals surface area contributed by atoms with E-state index in [2.05, 4.69) is 30.5 Å². The molecule has 8 heteroatoms. The fourth-order valence-electron chi connectivity index (χ4n) is 3.59. The van der Waals surface area contributed by atoms with Crippen molar-refractivity contribution >= 4 is 28.4 Å². The van der Waals surface area contributed by atoms with E-state index in [0.717, 1.165) is 54.2 Å². The van der Waals surface area contributed by atoms with Gasteiger partial charge in [-0.1, -0.05) is 6.07 Å². The molecular formula is C20H24N6O2. The third-order valence-electron chi connectivity index (χ3n) is 4.94. The van der Waals surface area contributed by atoms with E-state index < -0.39 is 0 Å². The van der Waals surface area contributed by atoms with Crippen LogP contribution in [0.2, 0.25) is 0 Å². The maximum atomic E-state index is 12.4. The molecule has 2 aromatic heterocycles. The molecule has 1 aliphatic rings. The summed E-state index contributed by atoms with van der Waals surface area (Å²) in [4.78, 5) is 26.5. The monoisotopic (exact) mass is 380 g/mol. The van der Waals surface area contributed by atoms with Gasteiger partial charge in [0, 0.05) is 37.1 Å². The van der Waals surface area contributed by atoms with Crippen LogP contribution in [0.3, 0.4) is 0 Å². The number of anilines is 2. The quantitative estimate of drug-likeness (QED) is 0.607. The summed E-state index contributed by atoms with van der Waals surface area (Å²) in [5, 5.41) is 7.28. The molecule has 8 nitrogen and oxygen atoms in total. The maximum absolute atomic E-state index is 12.4. The number of benzene rings is 1. The molecule has 1 aliphatic heterocycles. The number of fused-ring (bicyclic) bond motifs is 1. The molecule has 0 unspecified atom stereocenters. The number of nitrogens with one attached hydrogen (secondary N) is 3. The molecule has 1 atom stereocenters. The number of ether oxygens (including phenoxy) is 1. The molecule has 0 saturated carbocycles. The average molecular weight is 380 g/mol. The molecule has 0 spiro atoms. The van der Waals surface area contributed by atoms with E-state index >= 15 is 0 Å². The van der Waals surface area contributed by atoms with Crippen molar-refractivity contribution in [3.05, 3.63) is 42.9 Å². The zero-order chi connectivity index (χ0) is 19.3. The minimum absolute atomic E-state index is 0.0239. The van der Waals surface area contributed by atoms with Gasteiger partial charge in [0.05, 0.1) is 19.0 Å². The largest absolute Gasteiger partial charge is 0.497 e. The number of carbonyl (C=O) groups excluding carboxylic acids is 1. The standard InChI is InChI=1S/C20H24N6O2/c1-28-16-6-2-4-14(10-16)22-11-18(27)25-15-5-3-9-26(12-15)20-17-7-8-21-19(17)23-13-24-20/h2,4,6-8,10,13,15,22H,3,5,9,11-12H2,1H3,(H,25,27)(H,21,23,24)/t15-/m1/s1. The molecular weight excluding hydrogens is 356 g/mol. The lowest BCUT2D eigenvalue weighted by molar-refractivity contribution is -0.120. The number of nitrogens with zero attached hydrogens (tertiary/aromatic N) is 3. The first-order valence-corrected chi connectivity index (χ1v) is 9.43. The SMILES string of the molecule is COc1cccc(NCC(=O)N[C@@H]2CCCN(c3ncnc4[nH]ccc34)C2)c1. The molecule has 1 fully saturated rings. The van der Waals surface area contributed by atoms with Crippen molar-refractivity contribution < 1.29 is 9.53 Å². The van der Waals surface area contributed by atoms with Gasteiger partial charge in [0.15, 0.2) is 0 Å². The fraction of sp³-hybridized carbons (Fsp3) is 0.350. The Balaban J connectivity index is 1.34. The lowest BCUT2D eigenvalue weighted by Crippen LogP contribution is -2.49. The summed E-state index contributed by atoms with van der Waals surface area (Å²) in [6, 6.07) is 9.63. The van der Waals surface area contributed by atoms with Crippen LogP contribution in [0.4, 0.5) is 11.5 Å². The number of aromatic nitrogens is 3. The first kappa shape index (κ1) is 18.1. The van der Waals surface area contributed by atoms with E-state index in [1.54, 1.807) is 13.4 Å². The van der Waals surface area contributed by atoms with Gasteiger partial charge in [0.1, 0.15) is 23.5 Å². The van der Waals surface area contributed by atoms with E-state index in [4.69, 9.17) is 4.74 Å². The van der Waals surface area contributed by atoms with Gasteiger partial charge in [-0.15, -0.1) is 0 Å². The highest BCUT2D eigenvalue weighted by Gasteiger charge is 2.23. The summed E-state index contributed by atoms with van der Waals surface area (Å²) in [5.74, 6) is 1.65.